The number of furan rings is 1. The van der Waals surface area contributed by atoms with Crippen LogP contribution in [0.4, 0.5) is 0 Å². The number of hydrogen-bond acceptors (Lipinski definition) is 4. The van der Waals surface area contributed by atoms with Crippen molar-refractivity contribution in [2.45, 2.75) is 115 Å². The van der Waals surface area contributed by atoms with Gasteiger partial charge >= 0.3 is 0 Å². The molecule has 4 saturated carbocycles. The van der Waals surface area contributed by atoms with Crippen LogP contribution in [0.5, 0.6) is 0 Å². The number of rotatable bonds is 8. The highest BCUT2D eigenvalue weighted by Gasteiger charge is 2.53. The minimum atomic E-state index is -0.639. The first-order valence-electron chi connectivity index (χ1n) is 15.1. The van der Waals surface area contributed by atoms with Gasteiger partial charge < -0.3 is 19.7 Å². The zero-order valence-corrected chi connectivity index (χ0v) is 23.7. The van der Waals surface area contributed by atoms with E-state index in [9.17, 15) is 15.3 Å². The molecule has 1 heterocycles. The summed E-state index contributed by atoms with van der Waals surface area (Å²) in [7, 11) is 0. The van der Waals surface area contributed by atoms with Gasteiger partial charge in [-0.05, 0) is 104 Å². The fourth-order valence-electron chi connectivity index (χ4n) is 8.06. The van der Waals surface area contributed by atoms with Crippen LogP contribution in [0, 0.1) is 23.2 Å². The Labute approximate surface area is 229 Å². The van der Waals surface area contributed by atoms with E-state index in [0.717, 1.165) is 54.8 Å². The van der Waals surface area contributed by atoms with E-state index in [1.165, 1.54) is 31.3 Å². The standard InChI is InChI=1S/C34H48O4/c1-5-7-27-12-16-32(38-27)34(18-19-34)31(37)15-9-22(2)28-13-14-29-24(8-6-17-33(28,29)4)10-11-25-20-26(35)21-30(36)23(25)3/h9-12,15-16,22,26,28-31,35-37H,3,5-8,13-14,17-21H2,1-2,4H3/b15-9+,24-10+,25-11-/t22-,26-,28-,29+,30+,31-,33-/m1/s1. The molecule has 4 aliphatic rings. The maximum Gasteiger partial charge on any atom is 0.113 e. The first-order valence-corrected chi connectivity index (χ1v) is 15.1. The summed E-state index contributed by atoms with van der Waals surface area (Å²) in [5.41, 5.74) is 3.29. The van der Waals surface area contributed by atoms with Crippen LogP contribution in [-0.4, -0.2) is 33.6 Å². The molecule has 4 heteroatoms. The van der Waals surface area contributed by atoms with Gasteiger partial charge in [0.15, 0.2) is 0 Å². The molecule has 0 saturated heterocycles. The van der Waals surface area contributed by atoms with E-state index in [2.05, 4.69) is 63.8 Å². The SMILES string of the molecule is C=C1/C(=C\C=C2/CCC[C@]3(C)[C@@H]([C@H](C)/C=C/[C@@H](O)C4(c5ccc(CCC)o5)CC4)CC[C@@H]23)C[C@@H](O)C[C@@H]1O. The lowest BCUT2D eigenvalue weighted by Gasteiger charge is -2.44. The summed E-state index contributed by atoms with van der Waals surface area (Å²) in [6, 6.07) is 4.16. The Kier molecular flexibility index (Phi) is 7.97. The summed E-state index contributed by atoms with van der Waals surface area (Å²) in [5, 5.41) is 31.6. The molecule has 0 unspecified atom stereocenters. The van der Waals surface area contributed by atoms with Crippen molar-refractivity contribution in [3.8, 4) is 0 Å². The first-order chi connectivity index (χ1) is 18.2. The number of fused-ring (bicyclic) bond motifs is 1. The average molecular weight is 521 g/mol. The normalized spacial score (nSPS) is 36.6. The smallest absolute Gasteiger partial charge is 0.113 e. The zero-order chi connectivity index (χ0) is 27.1. The molecule has 208 valence electrons. The summed E-state index contributed by atoms with van der Waals surface area (Å²) >= 11 is 0. The van der Waals surface area contributed by atoms with Crippen LogP contribution in [0.15, 0.2) is 64.2 Å². The Bertz CT molecular complexity index is 1100. The van der Waals surface area contributed by atoms with Crippen molar-refractivity contribution < 1.29 is 19.7 Å². The summed E-state index contributed by atoms with van der Waals surface area (Å²) in [4.78, 5) is 0. The Morgan fingerprint density at radius 2 is 1.92 bits per heavy atom. The predicted octanol–water partition coefficient (Wildman–Crippen LogP) is 6.96. The van der Waals surface area contributed by atoms with E-state index in [1.807, 2.05) is 0 Å². The second-order valence-corrected chi connectivity index (χ2v) is 13.0. The Morgan fingerprint density at radius 1 is 1.13 bits per heavy atom. The molecule has 0 aromatic carbocycles. The molecule has 0 amide bonds. The maximum atomic E-state index is 11.2. The molecule has 5 rings (SSSR count). The molecule has 4 aliphatic carbocycles. The molecule has 0 radical (unpaired) electrons. The van der Waals surface area contributed by atoms with Crippen molar-refractivity contribution in [3.05, 3.63) is 71.3 Å². The lowest BCUT2D eigenvalue weighted by Crippen LogP contribution is -2.35. The van der Waals surface area contributed by atoms with Crippen molar-refractivity contribution in [2.75, 3.05) is 0 Å². The maximum absolute atomic E-state index is 11.2. The molecule has 4 nitrogen and oxygen atoms in total. The minimum absolute atomic E-state index is 0.233. The highest BCUT2D eigenvalue weighted by molar-refractivity contribution is 5.39. The molecule has 7 atom stereocenters. The van der Waals surface area contributed by atoms with Crippen LogP contribution in [0.3, 0.4) is 0 Å². The van der Waals surface area contributed by atoms with E-state index in [0.29, 0.717) is 30.6 Å². The van der Waals surface area contributed by atoms with Crippen LogP contribution in [0.1, 0.15) is 96.5 Å². The minimum Gasteiger partial charge on any atom is -0.465 e. The van der Waals surface area contributed by atoms with Crippen LogP contribution in [0.2, 0.25) is 0 Å². The number of aliphatic hydroxyl groups is 3. The van der Waals surface area contributed by atoms with Gasteiger partial charge in [0.25, 0.3) is 0 Å². The zero-order valence-electron chi connectivity index (χ0n) is 23.7. The molecule has 1 aromatic rings. The fourth-order valence-corrected chi connectivity index (χ4v) is 8.06. The fraction of sp³-hybridized carbons (Fsp3) is 0.647. The molecule has 0 aliphatic heterocycles. The molecule has 3 N–H and O–H groups in total. The monoisotopic (exact) mass is 520 g/mol. The van der Waals surface area contributed by atoms with Gasteiger partial charge in [-0.25, -0.2) is 0 Å². The van der Waals surface area contributed by atoms with Crippen molar-refractivity contribution in [1.82, 2.24) is 0 Å². The third kappa shape index (κ3) is 5.17. The van der Waals surface area contributed by atoms with E-state index in [1.54, 1.807) is 0 Å². The first kappa shape index (κ1) is 27.7. The van der Waals surface area contributed by atoms with Crippen LogP contribution in [-0.2, 0) is 11.8 Å². The third-order valence-corrected chi connectivity index (χ3v) is 10.5. The van der Waals surface area contributed by atoms with Gasteiger partial charge in [0.1, 0.15) is 11.5 Å². The number of hydrogen-bond donors (Lipinski definition) is 3. The highest BCUT2D eigenvalue weighted by Crippen LogP contribution is 2.60. The summed E-state index contributed by atoms with van der Waals surface area (Å²) < 4.78 is 6.12. The molecule has 1 aromatic heterocycles. The van der Waals surface area contributed by atoms with Crippen molar-refractivity contribution in [3.63, 3.8) is 0 Å². The lowest BCUT2D eigenvalue weighted by molar-refractivity contribution is 0.0862. The highest BCUT2D eigenvalue weighted by atomic mass is 16.3. The van der Waals surface area contributed by atoms with E-state index < -0.39 is 18.3 Å². The van der Waals surface area contributed by atoms with Crippen LogP contribution >= 0.6 is 0 Å². The van der Waals surface area contributed by atoms with Crippen molar-refractivity contribution in [2.24, 2.45) is 23.2 Å². The second kappa shape index (κ2) is 10.9. The predicted molar refractivity (Wildman–Crippen MR) is 153 cm³/mol. The molecule has 0 bridgehead atoms. The number of aliphatic hydroxyl groups excluding tert-OH is 3. The van der Waals surface area contributed by atoms with Gasteiger partial charge in [-0.15, -0.1) is 0 Å². The van der Waals surface area contributed by atoms with Gasteiger partial charge in [-0.2, -0.15) is 0 Å². The largest absolute Gasteiger partial charge is 0.465 e. The number of allylic oxidation sites excluding steroid dienone is 4. The van der Waals surface area contributed by atoms with Crippen molar-refractivity contribution in [1.29, 1.82) is 0 Å². The summed E-state index contributed by atoms with van der Waals surface area (Å²) in [6.07, 6.45) is 18.1. The topological polar surface area (TPSA) is 73.8 Å². The Morgan fingerprint density at radius 3 is 2.66 bits per heavy atom. The lowest BCUT2D eigenvalue weighted by atomic mass is 9.61. The van der Waals surface area contributed by atoms with Crippen LogP contribution < -0.4 is 0 Å². The van der Waals surface area contributed by atoms with Crippen molar-refractivity contribution >= 4 is 0 Å². The van der Waals surface area contributed by atoms with E-state index in [4.69, 9.17) is 4.42 Å². The van der Waals surface area contributed by atoms with Gasteiger partial charge in [0.2, 0.25) is 0 Å². The molecule has 38 heavy (non-hydrogen) atoms. The van der Waals surface area contributed by atoms with E-state index >= 15 is 0 Å². The van der Waals surface area contributed by atoms with Crippen LogP contribution in [0.25, 0.3) is 0 Å². The third-order valence-electron chi connectivity index (χ3n) is 10.5. The quantitative estimate of drug-likeness (QED) is 0.324. The van der Waals surface area contributed by atoms with Gasteiger partial charge in [-0.1, -0.05) is 57.2 Å². The van der Waals surface area contributed by atoms with Gasteiger partial charge in [0, 0.05) is 12.8 Å². The number of aryl methyl sites for hydroxylation is 1. The molecule has 4 fully saturated rings. The second-order valence-electron chi connectivity index (χ2n) is 13.0. The molecular formula is C34H48O4. The summed E-state index contributed by atoms with van der Waals surface area (Å²) in [5.74, 6) is 3.55. The Hall–Kier alpha value is -1.88. The summed E-state index contributed by atoms with van der Waals surface area (Å²) in [6.45, 7) is 11.1. The molecule has 0 spiro atoms. The Balaban J connectivity index is 1.27. The average Bonchev–Trinajstić information content (AvgIpc) is 3.42. The van der Waals surface area contributed by atoms with E-state index in [-0.39, 0.29) is 10.8 Å². The van der Waals surface area contributed by atoms with Gasteiger partial charge in [0.05, 0.1) is 23.7 Å². The molecular weight excluding hydrogens is 472 g/mol. The van der Waals surface area contributed by atoms with Gasteiger partial charge in [-0.3, -0.25) is 0 Å².